The van der Waals surface area contributed by atoms with Gasteiger partial charge in [0.2, 0.25) is 0 Å². The average molecular weight is 314 g/mol. The lowest BCUT2D eigenvalue weighted by atomic mass is 10.2. The quantitative estimate of drug-likeness (QED) is 0.675. The Hall–Kier alpha value is -1.30. The predicted octanol–water partition coefficient (Wildman–Crippen LogP) is 2.27. The second kappa shape index (κ2) is 7.31. The summed E-state index contributed by atoms with van der Waals surface area (Å²) in [5, 5.41) is 0. The van der Waals surface area contributed by atoms with E-state index in [1.807, 2.05) is 34.9 Å². The highest BCUT2D eigenvalue weighted by Crippen LogP contribution is 2.43. The molecule has 1 aliphatic rings. The molecule has 1 fully saturated rings. The molecule has 0 bridgehead atoms. The smallest absolute Gasteiger partial charge is 0.411 e. The molecule has 0 radical (unpaired) electrons. The minimum Gasteiger partial charge on any atom is -0.464 e. The van der Waals surface area contributed by atoms with Crippen LogP contribution in [-0.2, 0) is 14.3 Å². The maximum atomic E-state index is 12.5. The van der Waals surface area contributed by atoms with E-state index >= 15 is 0 Å². The first-order valence-electron chi connectivity index (χ1n) is 7.95. The van der Waals surface area contributed by atoms with Crippen LogP contribution < -0.4 is 0 Å². The lowest BCUT2D eigenvalue weighted by Gasteiger charge is -2.32. The molecule has 1 aliphatic carbocycles. The number of nitrogens with zero attached hydrogens (tertiary/aromatic N) is 2. The first-order chi connectivity index (χ1) is 10.1. The van der Waals surface area contributed by atoms with Gasteiger partial charge in [0.15, 0.2) is 0 Å². The fourth-order valence-electron chi connectivity index (χ4n) is 2.31. The molecule has 0 aromatic heterocycles. The molecule has 1 amide bonds. The van der Waals surface area contributed by atoms with Crippen LogP contribution in [0.5, 0.6) is 0 Å². The van der Waals surface area contributed by atoms with Gasteiger partial charge in [0.05, 0.1) is 6.61 Å². The van der Waals surface area contributed by atoms with E-state index in [-0.39, 0.29) is 5.97 Å². The second-order valence-corrected chi connectivity index (χ2v) is 7.04. The lowest BCUT2D eigenvalue weighted by Crippen LogP contribution is -2.50. The first kappa shape index (κ1) is 18.7. The van der Waals surface area contributed by atoms with Gasteiger partial charge in [-0.15, -0.1) is 0 Å². The summed E-state index contributed by atoms with van der Waals surface area (Å²) in [5.41, 5.74) is -1.40. The molecule has 0 aromatic carbocycles. The molecule has 0 N–H and O–H groups in total. The van der Waals surface area contributed by atoms with Crippen LogP contribution in [0.15, 0.2) is 0 Å². The number of amides is 1. The zero-order chi connectivity index (χ0) is 17.0. The maximum absolute atomic E-state index is 12.5. The van der Waals surface area contributed by atoms with E-state index in [1.165, 1.54) is 0 Å². The number of rotatable bonds is 7. The third kappa shape index (κ3) is 5.16. The zero-order valence-electron chi connectivity index (χ0n) is 14.8. The van der Waals surface area contributed by atoms with Crippen LogP contribution in [0.1, 0.15) is 47.0 Å². The number of carbonyl (C=O) groups excluding carboxylic acids is 2. The number of hydrogen-bond donors (Lipinski definition) is 0. The third-order valence-corrected chi connectivity index (χ3v) is 3.50. The summed E-state index contributed by atoms with van der Waals surface area (Å²) in [5.74, 6) is -0.314. The minimum atomic E-state index is -0.815. The summed E-state index contributed by atoms with van der Waals surface area (Å²) in [7, 11) is 3.96. The Morgan fingerprint density at radius 2 is 1.73 bits per heavy atom. The van der Waals surface area contributed by atoms with Crippen LogP contribution in [0.25, 0.3) is 0 Å². The van der Waals surface area contributed by atoms with Gasteiger partial charge in [0.1, 0.15) is 11.1 Å². The van der Waals surface area contributed by atoms with Crippen molar-refractivity contribution in [3.8, 4) is 0 Å². The molecular formula is C16H30N2O4. The molecule has 0 saturated heterocycles. The summed E-state index contributed by atoms with van der Waals surface area (Å²) in [6, 6.07) is 0. The van der Waals surface area contributed by atoms with Gasteiger partial charge in [0, 0.05) is 6.54 Å². The molecule has 0 heterocycles. The van der Waals surface area contributed by atoms with Crippen molar-refractivity contribution in [2.45, 2.75) is 58.1 Å². The van der Waals surface area contributed by atoms with E-state index in [0.29, 0.717) is 26.0 Å². The molecule has 0 unspecified atom stereocenters. The predicted molar refractivity (Wildman–Crippen MR) is 84.7 cm³/mol. The van der Waals surface area contributed by atoms with Crippen molar-refractivity contribution in [2.75, 3.05) is 33.8 Å². The van der Waals surface area contributed by atoms with Crippen LogP contribution in [0.2, 0.25) is 0 Å². The fraction of sp³-hybridized carbons (Fsp3) is 0.875. The number of ether oxygens (including phenoxy) is 2. The highest BCUT2D eigenvalue weighted by molar-refractivity contribution is 5.89. The van der Waals surface area contributed by atoms with Crippen LogP contribution in [-0.4, -0.2) is 66.8 Å². The Labute approximate surface area is 133 Å². The number of carbonyl (C=O) groups is 2. The molecule has 22 heavy (non-hydrogen) atoms. The maximum Gasteiger partial charge on any atom is 0.411 e. The van der Waals surface area contributed by atoms with Crippen LogP contribution in [0, 0.1) is 0 Å². The molecule has 1 rings (SSSR count). The number of esters is 1. The minimum absolute atomic E-state index is 0.314. The average Bonchev–Trinajstić information content (AvgIpc) is 3.13. The van der Waals surface area contributed by atoms with Crippen molar-refractivity contribution in [2.24, 2.45) is 0 Å². The molecule has 0 aromatic rings. The molecule has 0 atom stereocenters. The van der Waals surface area contributed by atoms with Crippen molar-refractivity contribution < 1.29 is 19.1 Å². The van der Waals surface area contributed by atoms with Gasteiger partial charge in [-0.1, -0.05) is 0 Å². The van der Waals surface area contributed by atoms with Gasteiger partial charge < -0.3 is 14.4 Å². The van der Waals surface area contributed by atoms with Crippen molar-refractivity contribution in [1.29, 1.82) is 0 Å². The van der Waals surface area contributed by atoms with Gasteiger partial charge in [-0.3, -0.25) is 4.90 Å². The van der Waals surface area contributed by atoms with Crippen LogP contribution >= 0.6 is 0 Å². The SMILES string of the molecule is CCOC(=O)C1(N(CCCN(C)C)C(=O)OC(C)(C)C)CC1. The highest BCUT2D eigenvalue weighted by Gasteiger charge is 2.58. The second-order valence-electron chi connectivity index (χ2n) is 7.04. The normalized spacial score (nSPS) is 16.3. The third-order valence-electron chi connectivity index (χ3n) is 3.50. The summed E-state index contributed by atoms with van der Waals surface area (Å²) < 4.78 is 10.6. The van der Waals surface area contributed by atoms with E-state index in [9.17, 15) is 9.59 Å². The van der Waals surface area contributed by atoms with Crippen LogP contribution in [0.4, 0.5) is 4.79 Å². The summed E-state index contributed by atoms with van der Waals surface area (Å²) >= 11 is 0. The van der Waals surface area contributed by atoms with E-state index in [2.05, 4.69) is 4.90 Å². The molecule has 1 saturated carbocycles. The van der Waals surface area contributed by atoms with Crippen molar-refractivity contribution >= 4 is 12.1 Å². The molecule has 0 aliphatic heterocycles. The molecule has 6 nitrogen and oxygen atoms in total. The van der Waals surface area contributed by atoms with Gasteiger partial charge >= 0.3 is 12.1 Å². The highest BCUT2D eigenvalue weighted by atomic mass is 16.6. The van der Waals surface area contributed by atoms with Crippen LogP contribution in [0.3, 0.4) is 0 Å². The van der Waals surface area contributed by atoms with Gasteiger partial charge in [-0.05, 0) is 67.6 Å². The van der Waals surface area contributed by atoms with Crippen molar-refractivity contribution in [3.63, 3.8) is 0 Å². The zero-order valence-corrected chi connectivity index (χ0v) is 14.8. The Balaban J connectivity index is 2.82. The van der Waals surface area contributed by atoms with E-state index in [0.717, 1.165) is 13.0 Å². The van der Waals surface area contributed by atoms with E-state index in [4.69, 9.17) is 9.47 Å². The molecular weight excluding hydrogens is 284 g/mol. The van der Waals surface area contributed by atoms with Crippen molar-refractivity contribution in [1.82, 2.24) is 9.80 Å². The summed E-state index contributed by atoms with van der Waals surface area (Å²) in [6.45, 7) is 8.91. The first-order valence-corrected chi connectivity index (χ1v) is 7.95. The Kier molecular flexibility index (Phi) is 6.23. The van der Waals surface area contributed by atoms with Gasteiger partial charge in [-0.25, -0.2) is 9.59 Å². The molecule has 128 valence electrons. The van der Waals surface area contributed by atoms with E-state index in [1.54, 1.807) is 11.8 Å². The van der Waals surface area contributed by atoms with Gasteiger partial charge in [-0.2, -0.15) is 0 Å². The topological polar surface area (TPSA) is 59.1 Å². The largest absolute Gasteiger partial charge is 0.464 e. The monoisotopic (exact) mass is 314 g/mol. The Morgan fingerprint density at radius 1 is 1.14 bits per heavy atom. The van der Waals surface area contributed by atoms with E-state index < -0.39 is 17.2 Å². The summed E-state index contributed by atoms with van der Waals surface area (Å²) in [6.07, 6.45) is 1.64. The van der Waals surface area contributed by atoms with Gasteiger partial charge in [0.25, 0.3) is 0 Å². The molecule has 6 heteroatoms. The molecule has 0 spiro atoms. The summed E-state index contributed by atoms with van der Waals surface area (Å²) in [4.78, 5) is 28.4. The standard InChI is InChI=1S/C16H30N2O4/c1-7-21-13(19)16(9-10-16)18(12-8-11-17(5)6)14(20)22-15(2,3)4/h7-12H2,1-6H3. The van der Waals surface area contributed by atoms with Crippen molar-refractivity contribution in [3.05, 3.63) is 0 Å². The fourth-order valence-corrected chi connectivity index (χ4v) is 2.31. The lowest BCUT2D eigenvalue weighted by molar-refractivity contribution is -0.151. The Morgan fingerprint density at radius 3 is 2.14 bits per heavy atom. The number of hydrogen-bond acceptors (Lipinski definition) is 5. The Bertz CT molecular complexity index is 397.